The maximum Gasteiger partial charge on any atom is 0.122 e. The van der Waals surface area contributed by atoms with Crippen LogP contribution in [0.1, 0.15) is 21.6 Å². The van der Waals surface area contributed by atoms with Crippen molar-refractivity contribution in [1.29, 1.82) is 0 Å². The lowest BCUT2D eigenvalue weighted by Crippen LogP contribution is -2.01. The van der Waals surface area contributed by atoms with Crippen LogP contribution < -0.4 is 4.74 Å². The van der Waals surface area contributed by atoms with Gasteiger partial charge < -0.3 is 9.84 Å². The first-order valence-corrected chi connectivity index (χ1v) is 7.14. The zero-order chi connectivity index (χ0) is 13.1. The van der Waals surface area contributed by atoms with E-state index in [2.05, 4.69) is 20.9 Å². The highest BCUT2D eigenvalue weighted by molar-refractivity contribution is 9.10. The van der Waals surface area contributed by atoms with Crippen LogP contribution in [0, 0.1) is 6.92 Å². The topological polar surface area (TPSA) is 42.4 Å². The summed E-state index contributed by atoms with van der Waals surface area (Å²) in [7, 11) is 1.63. The van der Waals surface area contributed by atoms with Gasteiger partial charge in [0.2, 0.25) is 0 Å². The Balaban J connectivity index is 2.20. The van der Waals surface area contributed by atoms with Crippen molar-refractivity contribution in [3.8, 4) is 5.75 Å². The van der Waals surface area contributed by atoms with Crippen molar-refractivity contribution in [2.45, 2.75) is 19.4 Å². The van der Waals surface area contributed by atoms with Crippen LogP contribution in [0.5, 0.6) is 5.75 Å². The van der Waals surface area contributed by atoms with E-state index >= 15 is 0 Å². The van der Waals surface area contributed by atoms with Gasteiger partial charge in [0.25, 0.3) is 0 Å². The maximum absolute atomic E-state index is 10.2. The molecule has 0 aliphatic carbocycles. The first-order chi connectivity index (χ1) is 8.60. The molecule has 0 radical (unpaired) electrons. The smallest absolute Gasteiger partial charge is 0.122 e. The Hall–Kier alpha value is -0.910. The van der Waals surface area contributed by atoms with E-state index in [1.165, 1.54) is 11.3 Å². The lowest BCUT2D eigenvalue weighted by molar-refractivity contribution is 0.181. The average molecular weight is 328 g/mol. The van der Waals surface area contributed by atoms with Crippen molar-refractivity contribution in [1.82, 2.24) is 4.98 Å². The molecule has 3 nitrogen and oxygen atoms in total. The molecule has 2 aromatic rings. The van der Waals surface area contributed by atoms with Crippen molar-refractivity contribution in [2.75, 3.05) is 7.11 Å². The molecule has 0 aliphatic rings. The molecule has 0 spiro atoms. The Labute approximate surface area is 119 Å². The summed E-state index contributed by atoms with van der Waals surface area (Å²) < 4.78 is 6.28. The van der Waals surface area contributed by atoms with E-state index in [0.29, 0.717) is 6.42 Å². The molecular weight excluding hydrogens is 314 g/mol. The minimum atomic E-state index is -0.542. The van der Waals surface area contributed by atoms with Crippen LogP contribution in [0.15, 0.2) is 28.9 Å². The molecule has 1 aromatic heterocycles. The minimum Gasteiger partial charge on any atom is -0.496 e. The SMILES string of the molecule is COc1ccc(Br)cc1CC(O)c1cnc(C)s1. The average Bonchev–Trinajstić information content (AvgIpc) is 2.76. The molecule has 0 bridgehead atoms. The second-order valence-electron chi connectivity index (χ2n) is 3.96. The van der Waals surface area contributed by atoms with Crippen LogP contribution in [0.25, 0.3) is 0 Å². The van der Waals surface area contributed by atoms with Crippen LogP contribution in [-0.4, -0.2) is 17.2 Å². The number of aryl methyl sites for hydroxylation is 1. The summed E-state index contributed by atoms with van der Waals surface area (Å²) in [4.78, 5) is 5.04. The molecular formula is C13H14BrNO2S. The summed E-state index contributed by atoms with van der Waals surface area (Å²) in [5, 5.41) is 11.2. The van der Waals surface area contributed by atoms with E-state index in [9.17, 15) is 5.11 Å². The fourth-order valence-corrected chi connectivity index (χ4v) is 2.93. The van der Waals surface area contributed by atoms with E-state index < -0.39 is 6.10 Å². The van der Waals surface area contributed by atoms with Crippen molar-refractivity contribution < 1.29 is 9.84 Å². The molecule has 0 aliphatic heterocycles. The summed E-state index contributed by atoms with van der Waals surface area (Å²) in [6.07, 6.45) is 1.71. The van der Waals surface area contributed by atoms with Crippen molar-refractivity contribution in [3.05, 3.63) is 44.3 Å². The van der Waals surface area contributed by atoms with Crippen LogP contribution in [0.2, 0.25) is 0 Å². The van der Waals surface area contributed by atoms with Gasteiger partial charge in [-0.05, 0) is 30.7 Å². The van der Waals surface area contributed by atoms with Crippen molar-refractivity contribution >= 4 is 27.3 Å². The van der Waals surface area contributed by atoms with E-state index in [4.69, 9.17) is 4.74 Å². The molecule has 0 fully saturated rings. The summed E-state index contributed by atoms with van der Waals surface area (Å²) in [6, 6.07) is 5.78. The monoisotopic (exact) mass is 327 g/mol. The highest BCUT2D eigenvalue weighted by Crippen LogP contribution is 2.29. The summed E-state index contributed by atoms with van der Waals surface area (Å²) in [5.41, 5.74) is 0.977. The van der Waals surface area contributed by atoms with Crippen LogP contribution >= 0.6 is 27.3 Å². The number of benzene rings is 1. The van der Waals surface area contributed by atoms with E-state index in [1.807, 2.05) is 25.1 Å². The first-order valence-electron chi connectivity index (χ1n) is 5.53. The molecule has 1 N–H and O–H groups in total. The number of methoxy groups -OCH3 is 1. The first kappa shape index (κ1) is 13.5. The molecule has 1 aromatic carbocycles. The molecule has 2 rings (SSSR count). The highest BCUT2D eigenvalue weighted by atomic mass is 79.9. The Kier molecular flexibility index (Phi) is 4.37. The highest BCUT2D eigenvalue weighted by Gasteiger charge is 2.14. The zero-order valence-electron chi connectivity index (χ0n) is 10.2. The van der Waals surface area contributed by atoms with E-state index in [1.54, 1.807) is 13.3 Å². The van der Waals surface area contributed by atoms with Gasteiger partial charge in [0, 0.05) is 17.1 Å². The lowest BCUT2D eigenvalue weighted by Gasteiger charge is -2.12. The van der Waals surface area contributed by atoms with Crippen LogP contribution in [-0.2, 0) is 6.42 Å². The van der Waals surface area contributed by atoms with Gasteiger partial charge in [-0.25, -0.2) is 4.98 Å². The molecule has 0 amide bonds. The normalized spacial score (nSPS) is 12.4. The van der Waals surface area contributed by atoms with Gasteiger partial charge in [-0.2, -0.15) is 0 Å². The molecule has 1 atom stereocenters. The van der Waals surface area contributed by atoms with Gasteiger partial charge >= 0.3 is 0 Å². The molecule has 18 heavy (non-hydrogen) atoms. The third-order valence-corrected chi connectivity index (χ3v) is 4.13. The van der Waals surface area contributed by atoms with Crippen molar-refractivity contribution in [2.24, 2.45) is 0 Å². The second kappa shape index (κ2) is 5.82. The van der Waals surface area contributed by atoms with Gasteiger partial charge in [-0.15, -0.1) is 11.3 Å². The Morgan fingerprint density at radius 1 is 1.50 bits per heavy atom. The number of rotatable bonds is 4. The third kappa shape index (κ3) is 3.10. The third-order valence-electron chi connectivity index (χ3n) is 2.62. The molecule has 0 saturated heterocycles. The van der Waals surface area contributed by atoms with Gasteiger partial charge in [-0.3, -0.25) is 0 Å². The molecule has 1 heterocycles. The standard InChI is InChI=1S/C13H14BrNO2S/c1-8-15-7-13(18-8)11(16)6-9-5-10(14)3-4-12(9)17-2/h3-5,7,11,16H,6H2,1-2H3. The van der Waals surface area contributed by atoms with Crippen LogP contribution in [0.4, 0.5) is 0 Å². The number of thiazole rings is 1. The number of aromatic nitrogens is 1. The predicted octanol–water partition coefficient (Wildman–Crippen LogP) is 3.50. The number of halogens is 1. The number of ether oxygens (including phenoxy) is 1. The fourth-order valence-electron chi connectivity index (χ4n) is 1.75. The Morgan fingerprint density at radius 3 is 2.89 bits per heavy atom. The minimum absolute atomic E-state index is 0.518. The van der Waals surface area contributed by atoms with Crippen molar-refractivity contribution in [3.63, 3.8) is 0 Å². The fraction of sp³-hybridized carbons (Fsp3) is 0.308. The van der Waals surface area contributed by atoms with Gasteiger partial charge in [-0.1, -0.05) is 15.9 Å². The Morgan fingerprint density at radius 2 is 2.28 bits per heavy atom. The molecule has 0 saturated carbocycles. The summed E-state index contributed by atoms with van der Waals surface area (Å²) >= 11 is 4.95. The largest absolute Gasteiger partial charge is 0.496 e. The zero-order valence-corrected chi connectivity index (χ0v) is 12.6. The predicted molar refractivity (Wildman–Crippen MR) is 76.2 cm³/mol. The number of aliphatic hydroxyl groups is 1. The molecule has 1 unspecified atom stereocenters. The van der Waals surface area contributed by atoms with E-state index in [0.717, 1.165) is 25.7 Å². The Bertz CT molecular complexity index is 542. The van der Waals surface area contributed by atoms with Gasteiger partial charge in [0.1, 0.15) is 5.75 Å². The summed E-state index contributed by atoms with van der Waals surface area (Å²) in [6.45, 7) is 1.93. The van der Waals surface area contributed by atoms with Gasteiger partial charge in [0.15, 0.2) is 0 Å². The number of aliphatic hydroxyl groups excluding tert-OH is 1. The number of hydrogen-bond acceptors (Lipinski definition) is 4. The molecule has 96 valence electrons. The van der Waals surface area contributed by atoms with E-state index in [-0.39, 0.29) is 0 Å². The van der Waals surface area contributed by atoms with Crippen LogP contribution in [0.3, 0.4) is 0 Å². The second-order valence-corrected chi connectivity index (χ2v) is 6.14. The van der Waals surface area contributed by atoms with Gasteiger partial charge in [0.05, 0.1) is 23.1 Å². The summed E-state index contributed by atoms with van der Waals surface area (Å²) in [5.74, 6) is 0.790. The molecule has 5 heteroatoms. The number of nitrogens with zero attached hydrogens (tertiary/aromatic N) is 1. The lowest BCUT2D eigenvalue weighted by atomic mass is 10.1. The quantitative estimate of drug-likeness (QED) is 0.934. The maximum atomic E-state index is 10.2. The number of hydrogen-bond donors (Lipinski definition) is 1.